The van der Waals surface area contributed by atoms with Crippen LogP contribution in [0.25, 0.3) is 0 Å². The first-order valence-electron chi connectivity index (χ1n) is 4.54. The highest BCUT2D eigenvalue weighted by atomic mass is 15.2. The predicted octanol–water partition coefficient (Wildman–Crippen LogP) is 2.02. The summed E-state index contributed by atoms with van der Waals surface area (Å²) in [5.41, 5.74) is 0.113. The van der Waals surface area contributed by atoms with Crippen molar-refractivity contribution in [1.29, 1.82) is 5.26 Å². The average Bonchev–Trinajstić information content (AvgIpc) is 2.32. The lowest BCUT2D eigenvalue weighted by molar-refractivity contribution is 0.163. The summed E-state index contributed by atoms with van der Waals surface area (Å²) >= 11 is 0. The van der Waals surface area contributed by atoms with Crippen molar-refractivity contribution in [3.05, 3.63) is 0 Å². The van der Waals surface area contributed by atoms with Crippen molar-refractivity contribution in [3.8, 4) is 6.07 Å². The lowest BCUT2D eigenvalue weighted by Gasteiger charge is -2.32. The average molecular weight is 166 g/mol. The topological polar surface area (TPSA) is 27.0 Å². The molecule has 1 aliphatic rings. The summed E-state index contributed by atoms with van der Waals surface area (Å²) in [6.45, 7) is 10.7. The number of rotatable bonds is 0. The third-order valence-corrected chi connectivity index (χ3v) is 2.69. The quantitative estimate of drug-likeness (QED) is 0.550. The standard InChI is InChI=1S/C10H18N2/c1-9(2,3)12-6-5-10(4,7-11)8-12/h5-6,8H2,1-4H3. The molecule has 12 heavy (non-hydrogen) atoms. The van der Waals surface area contributed by atoms with E-state index in [4.69, 9.17) is 5.26 Å². The molecular weight excluding hydrogens is 148 g/mol. The lowest BCUT2D eigenvalue weighted by atomic mass is 9.92. The van der Waals surface area contributed by atoms with Crippen LogP contribution in [0.4, 0.5) is 0 Å². The Labute approximate surface area is 75.2 Å². The zero-order valence-corrected chi connectivity index (χ0v) is 8.52. The predicted molar refractivity (Wildman–Crippen MR) is 49.7 cm³/mol. The molecule has 1 rings (SSSR count). The smallest absolute Gasteiger partial charge is 0.0700 e. The number of hydrogen-bond donors (Lipinski definition) is 0. The third-order valence-electron chi connectivity index (χ3n) is 2.69. The molecule has 2 heteroatoms. The minimum atomic E-state index is -0.104. The number of hydrogen-bond acceptors (Lipinski definition) is 2. The van der Waals surface area contributed by atoms with Gasteiger partial charge in [0.1, 0.15) is 0 Å². The molecule has 1 atom stereocenters. The van der Waals surface area contributed by atoms with Gasteiger partial charge in [-0.05, 0) is 34.1 Å². The molecule has 1 fully saturated rings. The first kappa shape index (κ1) is 9.54. The van der Waals surface area contributed by atoms with E-state index in [1.807, 2.05) is 0 Å². The van der Waals surface area contributed by atoms with Crippen molar-refractivity contribution in [2.45, 2.75) is 39.7 Å². The molecule has 0 spiro atoms. The molecule has 1 heterocycles. The molecule has 1 saturated heterocycles. The molecule has 1 aliphatic heterocycles. The van der Waals surface area contributed by atoms with Crippen LogP contribution in [-0.4, -0.2) is 23.5 Å². The van der Waals surface area contributed by atoms with E-state index < -0.39 is 0 Å². The van der Waals surface area contributed by atoms with E-state index >= 15 is 0 Å². The van der Waals surface area contributed by atoms with Crippen LogP contribution in [-0.2, 0) is 0 Å². The molecule has 0 N–H and O–H groups in total. The third kappa shape index (κ3) is 1.78. The van der Waals surface area contributed by atoms with Crippen LogP contribution in [0.5, 0.6) is 0 Å². The minimum Gasteiger partial charge on any atom is -0.297 e. The second-order valence-electron chi connectivity index (χ2n) is 5.01. The van der Waals surface area contributed by atoms with Gasteiger partial charge >= 0.3 is 0 Å². The van der Waals surface area contributed by atoms with E-state index in [9.17, 15) is 0 Å². The molecule has 0 aromatic rings. The van der Waals surface area contributed by atoms with Crippen LogP contribution >= 0.6 is 0 Å². The zero-order chi connectivity index (χ0) is 9.41. The van der Waals surface area contributed by atoms with Gasteiger partial charge in [-0.3, -0.25) is 4.90 Å². The van der Waals surface area contributed by atoms with Gasteiger partial charge in [-0.25, -0.2) is 0 Å². The van der Waals surface area contributed by atoms with Crippen LogP contribution < -0.4 is 0 Å². The Bertz CT molecular complexity index is 209. The summed E-state index contributed by atoms with van der Waals surface area (Å²) in [6.07, 6.45) is 1.01. The second kappa shape index (κ2) is 2.74. The van der Waals surface area contributed by atoms with Crippen LogP contribution in [0, 0.1) is 16.7 Å². The van der Waals surface area contributed by atoms with Gasteiger partial charge in [-0.2, -0.15) is 5.26 Å². The number of nitriles is 1. The highest BCUT2D eigenvalue weighted by Crippen LogP contribution is 2.32. The maximum absolute atomic E-state index is 8.93. The molecule has 0 amide bonds. The van der Waals surface area contributed by atoms with Crippen LogP contribution in [0.2, 0.25) is 0 Å². The first-order valence-corrected chi connectivity index (χ1v) is 4.54. The Kier molecular flexibility index (Phi) is 2.18. The fraction of sp³-hybridized carbons (Fsp3) is 0.900. The summed E-state index contributed by atoms with van der Waals surface area (Å²) in [4.78, 5) is 2.39. The summed E-state index contributed by atoms with van der Waals surface area (Å²) in [5.74, 6) is 0. The fourth-order valence-corrected chi connectivity index (χ4v) is 1.62. The van der Waals surface area contributed by atoms with Crippen LogP contribution in [0.3, 0.4) is 0 Å². The van der Waals surface area contributed by atoms with E-state index in [0.717, 1.165) is 19.5 Å². The molecular formula is C10H18N2. The van der Waals surface area contributed by atoms with Crippen molar-refractivity contribution in [1.82, 2.24) is 4.90 Å². The van der Waals surface area contributed by atoms with E-state index in [1.54, 1.807) is 0 Å². The molecule has 0 radical (unpaired) electrons. The van der Waals surface area contributed by atoms with Crippen LogP contribution in [0.1, 0.15) is 34.1 Å². The van der Waals surface area contributed by atoms with Crippen LogP contribution in [0.15, 0.2) is 0 Å². The SMILES string of the molecule is CC1(C#N)CCN(C(C)(C)C)C1. The Morgan fingerprint density at radius 2 is 2.00 bits per heavy atom. The van der Waals surface area contributed by atoms with Crippen molar-refractivity contribution in [2.75, 3.05) is 13.1 Å². The van der Waals surface area contributed by atoms with Gasteiger partial charge in [0, 0.05) is 18.6 Å². The Morgan fingerprint density at radius 3 is 2.25 bits per heavy atom. The largest absolute Gasteiger partial charge is 0.297 e. The van der Waals surface area contributed by atoms with E-state index in [2.05, 4.69) is 38.7 Å². The molecule has 0 saturated carbocycles. The maximum Gasteiger partial charge on any atom is 0.0700 e. The molecule has 0 aromatic carbocycles. The van der Waals surface area contributed by atoms with Gasteiger partial charge < -0.3 is 0 Å². The monoisotopic (exact) mass is 166 g/mol. The highest BCUT2D eigenvalue weighted by molar-refractivity contribution is 5.03. The second-order valence-corrected chi connectivity index (χ2v) is 5.01. The van der Waals surface area contributed by atoms with Crippen molar-refractivity contribution in [3.63, 3.8) is 0 Å². The van der Waals surface area contributed by atoms with Gasteiger partial charge in [-0.1, -0.05) is 0 Å². The van der Waals surface area contributed by atoms with Crippen molar-refractivity contribution < 1.29 is 0 Å². The maximum atomic E-state index is 8.93. The Morgan fingerprint density at radius 1 is 1.42 bits per heavy atom. The molecule has 0 bridgehead atoms. The van der Waals surface area contributed by atoms with Gasteiger partial charge in [-0.15, -0.1) is 0 Å². The van der Waals surface area contributed by atoms with E-state index in [0.29, 0.717) is 0 Å². The van der Waals surface area contributed by atoms with Crippen molar-refractivity contribution >= 4 is 0 Å². The molecule has 0 aliphatic carbocycles. The van der Waals surface area contributed by atoms with Gasteiger partial charge in [0.15, 0.2) is 0 Å². The summed E-state index contributed by atoms with van der Waals surface area (Å²) in [5, 5.41) is 8.93. The van der Waals surface area contributed by atoms with Gasteiger partial charge in [0.05, 0.1) is 11.5 Å². The van der Waals surface area contributed by atoms with E-state index in [-0.39, 0.29) is 11.0 Å². The number of likely N-dealkylation sites (tertiary alicyclic amines) is 1. The van der Waals surface area contributed by atoms with Gasteiger partial charge in [0.2, 0.25) is 0 Å². The number of nitrogens with zero attached hydrogens (tertiary/aromatic N) is 2. The molecule has 1 unspecified atom stereocenters. The normalized spacial score (nSPS) is 31.9. The fourth-order valence-electron chi connectivity index (χ4n) is 1.62. The van der Waals surface area contributed by atoms with E-state index in [1.165, 1.54) is 0 Å². The molecule has 0 aromatic heterocycles. The molecule has 2 nitrogen and oxygen atoms in total. The summed E-state index contributed by atoms with van der Waals surface area (Å²) in [7, 11) is 0. The zero-order valence-electron chi connectivity index (χ0n) is 8.52. The highest BCUT2D eigenvalue weighted by Gasteiger charge is 2.38. The Balaban J connectivity index is 2.65. The molecule has 68 valence electrons. The van der Waals surface area contributed by atoms with Crippen molar-refractivity contribution in [2.24, 2.45) is 5.41 Å². The lowest BCUT2D eigenvalue weighted by Crippen LogP contribution is -2.40. The Hall–Kier alpha value is -0.550. The first-order chi connectivity index (χ1) is 5.37. The van der Waals surface area contributed by atoms with Gasteiger partial charge in [0.25, 0.3) is 0 Å². The summed E-state index contributed by atoms with van der Waals surface area (Å²) < 4.78 is 0. The minimum absolute atomic E-state index is 0.104. The summed E-state index contributed by atoms with van der Waals surface area (Å²) in [6, 6.07) is 2.40.